The molecule has 1 N–H and O–H groups in total. The summed E-state index contributed by atoms with van der Waals surface area (Å²) in [6, 6.07) is 15.8. The molecule has 0 fully saturated rings. The van der Waals surface area contributed by atoms with E-state index in [1.165, 1.54) is 0 Å². The summed E-state index contributed by atoms with van der Waals surface area (Å²) in [5.74, 6) is 0.942. The maximum absolute atomic E-state index is 12.2. The zero-order chi connectivity index (χ0) is 17.1. The van der Waals surface area contributed by atoms with Gasteiger partial charge in [0.15, 0.2) is 0 Å². The molecule has 0 radical (unpaired) electrons. The molecule has 0 saturated carbocycles. The molecule has 0 saturated heterocycles. The summed E-state index contributed by atoms with van der Waals surface area (Å²) in [6.07, 6.45) is 0.704. The van der Waals surface area contributed by atoms with Gasteiger partial charge in [-0.2, -0.15) is 0 Å². The van der Waals surface area contributed by atoms with Crippen LogP contribution < -0.4 is 5.32 Å². The quantitative estimate of drug-likeness (QED) is 0.709. The summed E-state index contributed by atoms with van der Waals surface area (Å²) in [5.41, 5.74) is 2.80. The third-order valence-electron chi connectivity index (χ3n) is 3.93. The van der Waals surface area contributed by atoms with Crippen molar-refractivity contribution < 1.29 is 4.79 Å². The maximum Gasteiger partial charge on any atom is 0.251 e. The van der Waals surface area contributed by atoms with E-state index in [4.69, 9.17) is 4.98 Å². The van der Waals surface area contributed by atoms with E-state index in [-0.39, 0.29) is 5.91 Å². The van der Waals surface area contributed by atoms with Crippen molar-refractivity contribution in [3.05, 3.63) is 64.4 Å². The van der Waals surface area contributed by atoms with Crippen LogP contribution in [-0.4, -0.2) is 22.0 Å². The zero-order valence-corrected chi connectivity index (χ0v) is 15.4. The Morgan fingerprint density at radius 1 is 1.17 bits per heavy atom. The fourth-order valence-corrected chi connectivity index (χ4v) is 3.10. The van der Waals surface area contributed by atoms with Crippen molar-refractivity contribution >= 4 is 32.9 Å². The highest BCUT2D eigenvalue weighted by atomic mass is 79.9. The highest BCUT2D eigenvalue weighted by Crippen LogP contribution is 2.21. The molecule has 4 nitrogen and oxygen atoms in total. The van der Waals surface area contributed by atoms with Crippen LogP contribution in [0.2, 0.25) is 0 Å². The van der Waals surface area contributed by atoms with Crippen LogP contribution in [0, 0.1) is 0 Å². The predicted octanol–water partition coefficient (Wildman–Crippen LogP) is 4.35. The van der Waals surface area contributed by atoms with Gasteiger partial charge in [0.05, 0.1) is 11.0 Å². The number of carbonyl (C=O) groups excluding carboxylic acids is 1. The van der Waals surface area contributed by atoms with E-state index in [1.807, 2.05) is 42.5 Å². The van der Waals surface area contributed by atoms with E-state index in [1.54, 1.807) is 0 Å². The van der Waals surface area contributed by atoms with Crippen molar-refractivity contribution in [1.29, 1.82) is 0 Å². The summed E-state index contributed by atoms with van der Waals surface area (Å²) >= 11 is 3.37. The lowest BCUT2D eigenvalue weighted by Gasteiger charge is -2.13. The highest BCUT2D eigenvalue weighted by molar-refractivity contribution is 9.10. The average molecular weight is 386 g/mol. The fourth-order valence-electron chi connectivity index (χ4n) is 2.84. The fraction of sp³-hybridized carbons (Fsp3) is 0.263. The second kappa shape index (κ2) is 7.18. The van der Waals surface area contributed by atoms with Gasteiger partial charge in [-0.15, -0.1) is 0 Å². The lowest BCUT2D eigenvalue weighted by Crippen LogP contribution is -2.26. The lowest BCUT2D eigenvalue weighted by molar-refractivity contribution is 0.0954. The number of hydrogen-bond acceptors (Lipinski definition) is 2. The van der Waals surface area contributed by atoms with E-state index >= 15 is 0 Å². The van der Waals surface area contributed by atoms with Gasteiger partial charge in [0, 0.05) is 29.0 Å². The van der Waals surface area contributed by atoms with Crippen LogP contribution in [0.25, 0.3) is 11.0 Å². The number of amides is 1. The topological polar surface area (TPSA) is 46.9 Å². The van der Waals surface area contributed by atoms with Crippen LogP contribution in [0.1, 0.15) is 36.1 Å². The molecule has 0 atom stereocenters. The van der Waals surface area contributed by atoms with Crippen LogP contribution in [0.3, 0.4) is 0 Å². The molecule has 0 aliphatic rings. The minimum absolute atomic E-state index is 0.0605. The summed E-state index contributed by atoms with van der Waals surface area (Å²) in [4.78, 5) is 16.9. The Hall–Kier alpha value is -2.14. The summed E-state index contributed by atoms with van der Waals surface area (Å²) < 4.78 is 3.20. The second-order valence-corrected chi connectivity index (χ2v) is 6.91. The monoisotopic (exact) mass is 385 g/mol. The van der Waals surface area contributed by atoms with Crippen LogP contribution in [-0.2, 0) is 6.42 Å². The highest BCUT2D eigenvalue weighted by Gasteiger charge is 2.13. The van der Waals surface area contributed by atoms with E-state index in [9.17, 15) is 4.79 Å². The predicted molar refractivity (Wildman–Crippen MR) is 100 cm³/mol. The molecule has 1 amide bonds. The van der Waals surface area contributed by atoms with Crippen molar-refractivity contribution in [3.8, 4) is 0 Å². The Kier molecular flexibility index (Phi) is 5.00. The minimum Gasteiger partial charge on any atom is -0.352 e. The number of fused-ring (bicyclic) bond motifs is 1. The third-order valence-corrected chi connectivity index (χ3v) is 4.45. The van der Waals surface area contributed by atoms with E-state index in [0.717, 1.165) is 21.3 Å². The molecule has 24 heavy (non-hydrogen) atoms. The Bertz CT molecular complexity index is 853. The first kappa shape index (κ1) is 16.7. The lowest BCUT2D eigenvalue weighted by atomic mass is 10.2. The number of para-hydroxylation sites is 2. The molecule has 0 aliphatic carbocycles. The Labute approximate surface area is 150 Å². The molecule has 5 heteroatoms. The maximum atomic E-state index is 12.2. The van der Waals surface area contributed by atoms with Gasteiger partial charge in [0.1, 0.15) is 5.82 Å². The van der Waals surface area contributed by atoms with Gasteiger partial charge < -0.3 is 9.88 Å². The Morgan fingerprint density at radius 3 is 2.58 bits per heavy atom. The normalized spacial score (nSPS) is 11.2. The molecule has 0 spiro atoms. The van der Waals surface area contributed by atoms with E-state index in [0.29, 0.717) is 24.6 Å². The smallest absolute Gasteiger partial charge is 0.251 e. The van der Waals surface area contributed by atoms with E-state index in [2.05, 4.69) is 45.7 Å². The van der Waals surface area contributed by atoms with Crippen LogP contribution in [0.5, 0.6) is 0 Å². The molecular formula is C19H20BrN3O. The number of hydrogen-bond donors (Lipinski definition) is 1. The molecule has 3 rings (SSSR count). The molecule has 1 aromatic heterocycles. The van der Waals surface area contributed by atoms with Gasteiger partial charge in [-0.05, 0) is 50.2 Å². The van der Waals surface area contributed by atoms with Gasteiger partial charge in [-0.25, -0.2) is 4.98 Å². The summed E-state index contributed by atoms with van der Waals surface area (Å²) in [6.45, 7) is 4.86. The second-order valence-electron chi connectivity index (χ2n) is 5.99. The van der Waals surface area contributed by atoms with Crippen molar-refractivity contribution in [3.63, 3.8) is 0 Å². The third kappa shape index (κ3) is 3.51. The van der Waals surface area contributed by atoms with Crippen molar-refractivity contribution in [1.82, 2.24) is 14.9 Å². The number of rotatable bonds is 5. The van der Waals surface area contributed by atoms with E-state index < -0.39 is 0 Å². The zero-order valence-electron chi connectivity index (χ0n) is 13.8. The van der Waals surface area contributed by atoms with Crippen molar-refractivity contribution in [2.24, 2.45) is 0 Å². The number of carbonyl (C=O) groups is 1. The Balaban J connectivity index is 1.70. The molecular weight excluding hydrogens is 366 g/mol. The number of nitrogens with zero attached hydrogens (tertiary/aromatic N) is 2. The first-order chi connectivity index (χ1) is 11.6. The van der Waals surface area contributed by atoms with Crippen LogP contribution in [0.15, 0.2) is 53.0 Å². The number of benzene rings is 2. The molecule has 2 aromatic carbocycles. The molecule has 0 unspecified atom stereocenters. The minimum atomic E-state index is -0.0605. The first-order valence-electron chi connectivity index (χ1n) is 8.06. The Morgan fingerprint density at radius 2 is 1.88 bits per heavy atom. The number of nitrogens with one attached hydrogen (secondary N) is 1. The van der Waals surface area contributed by atoms with Gasteiger partial charge in [-0.3, -0.25) is 4.79 Å². The first-order valence-corrected chi connectivity index (χ1v) is 8.85. The molecule has 3 aromatic rings. The van der Waals surface area contributed by atoms with Gasteiger partial charge in [0.2, 0.25) is 0 Å². The largest absolute Gasteiger partial charge is 0.352 e. The average Bonchev–Trinajstić information content (AvgIpc) is 2.93. The van der Waals surface area contributed by atoms with Crippen molar-refractivity contribution in [2.45, 2.75) is 26.3 Å². The standard InChI is InChI=1S/C19H20BrN3O/c1-13(2)23-17-6-4-3-5-16(17)22-18(23)11-12-21-19(24)14-7-9-15(20)10-8-14/h3-10,13H,11-12H2,1-2H3,(H,21,24). The molecule has 0 bridgehead atoms. The van der Waals surface area contributed by atoms with Gasteiger partial charge in [-0.1, -0.05) is 28.1 Å². The van der Waals surface area contributed by atoms with Crippen LogP contribution in [0.4, 0.5) is 0 Å². The van der Waals surface area contributed by atoms with Crippen molar-refractivity contribution in [2.75, 3.05) is 6.54 Å². The molecule has 1 heterocycles. The number of aromatic nitrogens is 2. The SMILES string of the molecule is CC(C)n1c(CCNC(=O)c2ccc(Br)cc2)nc2ccccc21. The molecule has 0 aliphatic heterocycles. The molecule has 124 valence electrons. The summed E-state index contributed by atoms with van der Waals surface area (Å²) in [5, 5.41) is 2.97. The van der Waals surface area contributed by atoms with Gasteiger partial charge >= 0.3 is 0 Å². The number of halogens is 1. The van der Waals surface area contributed by atoms with Crippen LogP contribution >= 0.6 is 15.9 Å². The summed E-state index contributed by atoms with van der Waals surface area (Å²) in [7, 11) is 0. The number of imidazole rings is 1. The van der Waals surface area contributed by atoms with Gasteiger partial charge in [0.25, 0.3) is 5.91 Å².